The molecular weight excluding hydrogens is 180 g/mol. The van der Waals surface area contributed by atoms with E-state index in [9.17, 15) is 0 Å². The van der Waals surface area contributed by atoms with Gasteiger partial charge in [0.1, 0.15) is 0 Å². The van der Waals surface area contributed by atoms with Crippen molar-refractivity contribution in [3.8, 4) is 0 Å². The number of nitrogens with two attached hydrogens (primary N) is 1. The van der Waals surface area contributed by atoms with E-state index in [1.165, 1.54) is 17.1 Å². The largest absolute Gasteiger partial charge is 0.388 e. The third-order valence-electron chi connectivity index (χ3n) is 1.68. The van der Waals surface area contributed by atoms with Gasteiger partial charge in [-0.05, 0) is 17.7 Å². The molecule has 0 unspecified atom stereocenters. The number of benzene rings is 1. The van der Waals surface area contributed by atoms with Crippen LogP contribution in [0.15, 0.2) is 24.3 Å². The maximum Gasteiger partial charge on any atom is 0.0337 e. The molecule has 0 aromatic heterocycles. The van der Waals surface area contributed by atoms with Crippen molar-refractivity contribution in [2.75, 3.05) is 23.9 Å². The minimum absolute atomic E-state index is 0.615. The highest BCUT2D eigenvalue weighted by Crippen LogP contribution is 2.14. The molecule has 0 spiro atoms. The number of anilines is 1. The zero-order chi connectivity index (χ0) is 9.52. The zero-order valence-corrected chi connectivity index (χ0v) is 8.73. The quantitative estimate of drug-likeness (QED) is 0.710. The summed E-state index contributed by atoms with van der Waals surface area (Å²) in [6, 6.07) is 8.07. The molecule has 0 atom stereocenters. The Morgan fingerprint density at radius 2 is 1.85 bits per heavy atom. The molecule has 1 saturated heterocycles. The molecule has 0 bridgehead atoms. The lowest BCUT2D eigenvalue weighted by molar-refractivity contribution is 1.07. The molecule has 2 nitrogen and oxygen atoms in total. The van der Waals surface area contributed by atoms with Gasteiger partial charge in [-0.15, -0.1) is 0 Å². The standard InChI is InChI=1S/C8H12N2.C2H4S/c1-10-8-4-2-7(6-9)3-5-8;1-2-3-1/h2-5,10H,6,9H2,1H3;1-2H2. The third-order valence-corrected chi connectivity index (χ3v) is 2.09. The fraction of sp³-hybridized carbons (Fsp3) is 0.400. The minimum Gasteiger partial charge on any atom is -0.388 e. The number of hydrogen-bond acceptors (Lipinski definition) is 3. The molecule has 3 N–H and O–H groups in total. The van der Waals surface area contributed by atoms with Crippen molar-refractivity contribution < 1.29 is 0 Å². The molecule has 72 valence electrons. The minimum atomic E-state index is 0.615. The lowest BCUT2D eigenvalue weighted by atomic mass is 10.2. The second-order valence-corrected chi connectivity index (χ2v) is 3.99. The van der Waals surface area contributed by atoms with Gasteiger partial charge in [0, 0.05) is 30.8 Å². The summed E-state index contributed by atoms with van der Waals surface area (Å²) in [5.41, 5.74) is 7.71. The molecule has 13 heavy (non-hydrogen) atoms. The first-order valence-electron chi connectivity index (χ1n) is 4.41. The van der Waals surface area contributed by atoms with E-state index in [4.69, 9.17) is 5.73 Å². The Morgan fingerprint density at radius 1 is 1.31 bits per heavy atom. The van der Waals surface area contributed by atoms with Crippen LogP contribution in [0.5, 0.6) is 0 Å². The molecule has 3 heteroatoms. The van der Waals surface area contributed by atoms with Crippen molar-refractivity contribution in [3.05, 3.63) is 29.8 Å². The average molecular weight is 196 g/mol. The van der Waals surface area contributed by atoms with Crippen LogP contribution in [-0.2, 0) is 6.54 Å². The second kappa shape index (κ2) is 5.89. The van der Waals surface area contributed by atoms with Gasteiger partial charge >= 0.3 is 0 Å². The molecule has 0 radical (unpaired) electrons. The fourth-order valence-corrected chi connectivity index (χ4v) is 0.807. The van der Waals surface area contributed by atoms with Crippen LogP contribution in [0.25, 0.3) is 0 Å². The molecule has 1 aliphatic rings. The molecular formula is C10H16N2S. The lowest BCUT2D eigenvalue weighted by Crippen LogP contribution is -1.96. The summed E-state index contributed by atoms with van der Waals surface area (Å²) in [6.45, 7) is 0.615. The number of nitrogens with one attached hydrogen (secondary N) is 1. The molecule has 1 aromatic carbocycles. The molecule has 1 aromatic rings. The molecule has 1 aliphatic heterocycles. The van der Waals surface area contributed by atoms with E-state index in [1.54, 1.807) is 0 Å². The van der Waals surface area contributed by atoms with E-state index in [1.807, 2.05) is 43.1 Å². The predicted octanol–water partition coefficient (Wildman–Crippen LogP) is 1.92. The molecule has 0 amide bonds. The Labute approximate surface area is 83.9 Å². The highest BCUT2D eigenvalue weighted by atomic mass is 32.2. The first kappa shape index (κ1) is 10.4. The predicted molar refractivity (Wildman–Crippen MR) is 61.2 cm³/mol. The first-order valence-corrected chi connectivity index (χ1v) is 5.57. The Hall–Kier alpha value is -0.670. The van der Waals surface area contributed by atoms with Crippen LogP contribution < -0.4 is 11.1 Å². The molecule has 0 aliphatic carbocycles. The molecule has 1 fully saturated rings. The zero-order valence-electron chi connectivity index (χ0n) is 7.92. The molecule has 2 rings (SSSR count). The van der Waals surface area contributed by atoms with Crippen LogP contribution in [0.3, 0.4) is 0 Å². The van der Waals surface area contributed by atoms with Gasteiger partial charge in [-0.1, -0.05) is 12.1 Å². The van der Waals surface area contributed by atoms with E-state index in [0.717, 1.165) is 5.69 Å². The summed E-state index contributed by atoms with van der Waals surface area (Å²) in [6.07, 6.45) is 0. The summed E-state index contributed by atoms with van der Waals surface area (Å²) in [5, 5.41) is 3.04. The van der Waals surface area contributed by atoms with Crippen LogP contribution in [0, 0.1) is 0 Å². The summed E-state index contributed by atoms with van der Waals surface area (Å²) in [4.78, 5) is 0. The molecule has 0 saturated carbocycles. The van der Waals surface area contributed by atoms with Crippen LogP contribution in [-0.4, -0.2) is 18.6 Å². The Kier molecular flexibility index (Phi) is 4.72. The maximum absolute atomic E-state index is 5.42. The summed E-state index contributed by atoms with van der Waals surface area (Å²) < 4.78 is 0. The van der Waals surface area contributed by atoms with Gasteiger partial charge in [-0.3, -0.25) is 0 Å². The van der Waals surface area contributed by atoms with Crippen LogP contribution in [0.1, 0.15) is 5.56 Å². The maximum atomic E-state index is 5.42. The lowest BCUT2D eigenvalue weighted by Gasteiger charge is -1.99. The summed E-state index contributed by atoms with van der Waals surface area (Å²) >= 11 is 2.00. The monoisotopic (exact) mass is 196 g/mol. The van der Waals surface area contributed by atoms with Crippen molar-refractivity contribution in [3.63, 3.8) is 0 Å². The van der Waals surface area contributed by atoms with E-state index in [0.29, 0.717) is 6.54 Å². The van der Waals surface area contributed by atoms with Gasteiger partial charge in [0.25, 0.3) is 0 Å². The van der Waals surface area contributed by atoms with Crippen LogP contribution >= 0.6 is 11.8 Å². The van der Waals surface area contributed by atoms with Gasteiger partial charge < -0.3 is 11.1 Å². The number of thioether (sulfide) groups is 1. The van der Waals surface area contributed by atoms with Crippen LogP contribution in [0.4, 0.5) is 5.69 Å². The van der Waals surface area contributed by atoms with Crippen molar-refractivity contribution in [1.29, 1.82) is 0 Å². The smallest absolute Gasteiger partial charge is 0.0337 e. The van der Waals surface area contributed by atoms with Gasteiger partial charge in [0.2, 0.25) is 0 Å². The van der Waals surface area contributed by atoms with E-state index < -0.39 is 0 Å². The third kappa shape index (κ3) is 4.80. The van der Waals surface area contributed by atoms with Crippen molar-refractivity contribution in [2.45, 2.75) is 6.54 Å². The highest BCUT2D eigenvalue weighted by Gasteiger charge is 1.95. The van der Waals surface area contributed by atoms with Crippen LogP contribution in [0.2, 0.25) is 0 Å². The second-order valence-electron chi connectivity index (χ2n) is 2.76. The van der Waals surface area contributed by atoms with Gasteiger partial charge in [0.15, 0.2) is 0 Å². The SMILES string of the molecule is C1CS1.CNc1ccc(CN)cc1. The van der Waals surface area contributed by atoms with Gasteiger partial charge in [-0.25, -0.2) is 0 Å². The Bertz CT molecular complexity index is 205. The van der Waals surface area contributed by atoms with Gasteiger partial charge in [0.05, 0.1) is 0 Å². The highest BCUT2D eigenvalue weighted by molar-refractivity contribution is 8.06. The van der Waals surface area contributed by atoms with E-state index in [2.05, 4.69) is 5.32 Å². The number of rotatable bonds is 2. The normalized spacial score (nSPS) is 12.8. The molecule has 1 heterocycles. The Morgan fingerprint density at radius 3 is 2.15 bits per heavy atom. The topological polar surface area (TPSA) is 38.0 Å². The Balaban J connectivity index is 0.000000236. The van der Waals surface area contributed by atoms with Crippen molar-refractivity contribution in [2.24, 2.45) is 5.73 Å². The van der Waals surface area contributed by atoms with Crippen molar-refractivity contribution in [1.82, 2.24) is 0 Å². The van der Waals surface area contributed by atoms with Gasteiger partial charge in [-0.2, -0.15) is 11.8 Å². The fourth-order valence-electron chi connectivity index (χ4n) is 0.807. The average Bonchev–Trinajstić information content (AvgIpc) is 3.05. The first-order chi connectivity index (χ1) is 6.36. The summed E-state index contributed by atoms with van der Waals surface area (Å²) in [5.74, 6) is 2.83. The summed E-state index contributed by atoms with van der Waals surface area (Å²) in [7, 11) is 1.90. The van der Waals surface area contributed by atoms with E-state index >= 15 is 0 Å². The van der Waals surface area contributed by atoms with Crippen molar-refractivity contribution >= 4 is 17.4 Å². The van der Waals surface area contributed by atoms with E-state index in [-0.39, 0.29) is 0 Å². The number of hydrogen-bond donors (Lipinski definition) is 2.